The van der Waals surface area contributed by atoms with E-state index in [1.54, 1.807) is 22.7 Å². The highest BCUT2D eigenvalue weighted by Crippen LogP contribution is 2.27. The lowest BCUT2D eigenvalue weighted by Gasteiger charge is -2.23. The van der Waals surface area contributed by atoms with E-state index in [0.29, 0.717) is 18.5 Å². The van der Waals surface area contributed by atoms with Gasteiger partial charge in [0.05, 0.1) is 29.1 Å². The van der Waals surface area contributed by atoms with Crippen LogP contribution in [0.1, 0.15) is 29.4 Å². The molecule has 24 heavy (non-hydrogen) atoms. The number of hydrogen-bond donors (Lipinski definition) is 1. The summed E-state index contributed by atoms with van der Waals surface area (Å²) in [6.07, 6.45) is 2.04. The molecule has 1 aromatic carbocycles. The van der Waals surface area contributed by atoms with Crippen molar-refractivity contribution in [2.24, 2.45) is 5.92 Å². The van der Waals surface area contributed by atoms with Crippen LogP contribution in [-0.4, -0.2) is 44.3 Å². The summed E-state index contributed by atoms with van der Waals surface area (Å²) in [5.41, 5.74) is 2.11. The number of carboxylic acid groups (broad SMARTS) is 1. The highest BCUT2D eigenvalue weighted by atomic mass is 79.9. The number of aromatic nitrogens is 2. The topological polar surface area (TPSA) is 75.4 Å². The molecule has 1 amide bonds. The molecule has 1 saturated heterocycles. The molecule has 0 spiro atoms. The standard InChI is InChI=1S/C17H18BrN3O3/c1-10-14(17(23)24)6-7-20(10)16(22)15-9-19-21(11(15)2)13-5-3-4-12(18)8-13/h3-5,8-10,14H,6-7H2,1-2H3,(H,23,24). The molecule has 7 heteroatoms. The lowest BCUT2D eigenvalue weighted by atomic mass is 10.0. The van der Waals surface area contributed by atoms with Crippen molar-refractivity contribution in [3.05, 3.63) is 46.2 Å². The van der Waals surface area contributed by atoms with Crippen molar-refractivity contribution in [2.45, 2.75) is 26.3 Å². The molecule has 0 radical (unpaired) electrons. The van der Waals surface area contributed by atoms with Gasteiger partial charge >= 0.3 is 5.97 Å². The molecular weight excluding hydrogens is 374 g/mol. The van der Waals surface area contributed by atoms with E-state index in [2.05, 4.69) is 21.0 Å². The lowest BCUT2D eigenvalue weighted by molar-refractivity contribution is -0.142. The Labute approximate surface area is 148 Å². The van der Waals surface area contributed by atoms with Crippen LogP contribution >= 0.6 is 15.9 Å². The number of hydrogen-bond acceptors (Lipinski definition) is 3. The van der Waals surface area contributed by atoms with Crippen molar-refractivity contribution < 1.29 is 14.7 Å². The maximum atomic E-state index is 12.8. The molecule has 1 aromatic heterocycles. The van der Waals surface area contributed by atoms with Gasteiger partial charge in [-0.3, -0.25) is 9.59 Å². The molecule has 2 aromatic rings. The smallest absolute Gasteiger partial charge is 0.308 e. The van der Waals surface area contributed by atoms with Gasteiger partial charge in [0.15, 0.2) is 0 Å². The minimum Gasteiger partial charge on any atom is -0.481 e. The molecule has 0 saturated carbocycles. The van der Waals surface area contributed by atoms with Crippen LogP contribution in [0.2, 0.25) is 0 Å². The van der Waals surface area contributed by atoms with E-state index >= 15 is 0 Å². The van der Waals surface area contributed by atoms with Gasteiger partial charge in [-0.05, 0) is 38.5 Å². The maximum absolute atomic E-state index is 12.8. The summed E-state index contributed by atoms with van der Waals surface area (Å²) in [7, 11) is 0. The second-order valence-corrected chi connectivity index (χ2v) is 6.92. The first kappa shape index (κ1) is 16.7. The van der Waals surface area contributed by atoms with Crippen LogP contribution in [0.5, 0.6) is 0 Å². The largest absolute Gasteiger partial charge is 0.481 e. The minimum absolute atomic E-state index is 0.162. The van der Waals surface area contributed by atoms with Gasteiger partial charge in [-0.1, -0.05) is 22.0 Å². The van der Waals surface area contributed by atoms with Crippen molar-refractivity contribution in [3.63, 3.8) is 0 Å². The number of rotatable bonds is 3. The summed E-state index contributed by atoms with van der Waals surface area (Å²) in [5, 5.41) is 13.6. The number of amides is 1. The summed E-state index contributed by atoms with van der Waals surface area (Å²) in [6.45, 7) is 4.09. The third-order valence-corrected chi connectivity index (χ3v) is 5.12. The monoisotopic (exact) mass is 391 g/mol. The van der Waals surface area contributed by atoms with E-state index in [1.807, 2.05) is 31.2 Å². The highest BCUT2D eigenvalue weighted by Gasteiger charge is 2.39. The maximum Gasteiger partial charge on any atom is 0.308 e. The van der Waals surface area contributed by atoms with E-state index in [4.69, 9.17) is 0 Å². The molecule has 1 N–H and O–H groups in total. The van der Waals surface area contributed by atoms with Crippen LogP contribution in [0.3, 0.4) is 0 Å². The third-order valence-electron chi connectivity index (χ3n) is 4.63. The fourth-order valence-corrected chi connectivity index (χ4v) is 3.59. The molecule has 6 nitrogen and oxygen atoms in total. The Morgan fingerprint density at radius 2 is 2.12 bits per heavy atom. The molecule has 2 atom stereocenters. The molecular formula is C17H18BrN3O3. The van der Waals surface area contributed by atoms with Gasteiger partial charge in [-0.15, -0.1) is 0 Å². The fourth-order valence-electron chi connectivity index (χ4n) is 3.20. The number of carbonyl (C=O) groups excluding carboxylic acids is 1. The predicted molar refractivity (Wildman–Crippen MR) is 92.2 cm³/mol. The van der Waals surface area contributed by atoms with E-state index in [1.165, 1.54) is 0 Å². The summed E-state index contributed by atoms with van der Waals surface area (Å²) < 4.78 is 2.65. The molecule has 2 heterocycles. The normalized spacial score (nSPS) is 20.4. The predicted octanol–water partition coefficient (Wildman–Crippen LogP) is 2.88. The Balaban J connectivity index is 1.89. The van der Waals surface area contributed by atoms with E-state index in [0.717, 1.165) is 15.9 Å². The number of likely N-dealkylation sites (tertiary alicyclic amines) is 1. The minimum atomic E-state index is -0.848. The number of carboxylic acids is 1. The van der Waals surface area contributed by atoms with Crippen LogP contribution in [0.4, 0.5) is 0 Å². The van der Waals surface area contributed by atoms with Crippen LogP contribution in [0.15, 0.2) is 34.9 Å². The molecule has 1 aliphatic rings. The van der Waals surface area contributed by atoms with Crippen LogP contribution in [0, 0.1) is 12.8 Å². The van der Waals surface area contributed by atoms with Gasteiger partial charge in [0.1, 0.15) is 0 Å². The van der Waals surface area contributed by atoms with Gasteiger partial charge in [0, 0.05) is 17.1 Å². The Kier molecular flexibility index (Phi) is 4.45. The first-order valence-electron chi connectivity index (χ1n) is 7.74. The summed E-state index contributed by atoms with van der Waals surface area (Å²) >= 11 is 3.43. The third kappa shape index (κ3) is 2.84. The Bertz CT molecular complexity index is 802. The first-order valence-corrected chi connectivity index (χ1v) is 8.53. The average molecular weight is 392 g/mol. The number of nitrogens with zero attached hydrogens (tertiary/aromatic N) is 3. The zero-order valence-electron chi connectivity index (χ0n) is 13.4. The van der Waals surface area contributed by atoms with Gasteiger partial charge in [0.25, 0.3) is 5.91 Å². The molecule has 0 bridgehead atoms. The number of carbonyl (C=O) groups is 2. The molecule has 2 unspecified atom stereocenters. The Hall–Kier alpha value is -2.15. The number of aliphatic carboxylic acids is 1. The lowest BCUT2D eigenvalue weighted by Crippen LogP contribution is -2.37. The zero-order chi connectivity index (χ0) is 17.4. The van der Waals surface area contributed by atoms with Crippen molar-refractivity contribution in [3.8, 4) is 5.69 Å². The average Bonchev–Trinajstić information content (AvgIpc) is 3.10. The number of benzene rings is 1. The SMILES string of the molecule is Cc1c(C(=O)N2CCC(C(=O)O)C2C)cnn1-c1cccc(Br)c1. The van der Waals surface area contributed by atoms with Crippen molar-refractivity contribution >= 4 is 27.8 Å². The molecule has 1 fully saturated rings. The Morgan fingerprint density at radius 3 is 2.75 bits per heavy atom. The van der Waals surface area contributed by atoms with Crippen LogP contribution in [0.25, 0.3) is 5.69 Å². The Morgan fingerprint density at radius 1 is 1.38 bits per heavy atom. The summed E-state index contributed by atoms with van der Waals surface area (Å²) in [4.78, 5) is 25.7. The van der Waals surface area contributed by atoms with E-state index in [-0.39, 0.29) is 11.9 Å². The van der Waals surface area contributed by atoms with Gasteiger partial charge in [0.2, 0.25) is 0 Å². The molecule has 1 aliphatic heterocycles. The van der Waals surface area contributed by atoms with Gasteiger partial charge in [-0.25, -0.2) is 4.68 Å². The summed E-state index contributed by atoms with van der Waals surface area (Å²) in [5.74, 6) is -1.52. The number of halogens is 1. The second kappa shape index (κ2) is 6.39. The fraction of sp³-hybridized carbons (Fsp3) is 0.353. The quantitative estimate of drug-likeness (QED) is 0.872. The van der Waals surface area contributed by atoms with Gasteiger partial charge in [-0.2, -0.15) is 5.10 Å². The van der Waals surface area contributed by atoms with Crippen molar-refractivity contribution in [1.29, 1.82) is 0 Å². The van der Waals surface area contributed by atoms with Crippen molar-refractivity contribution in [2.75, 3.05) is 6.54 Å². The van der Waals surface area contributed by atoms with Crippen molar-refractivity contribution in [1.82, 2.24) is 14.7 Å². The molecule has 126 valence electrons. The highest BCUT2D eigenvalue weighted by molar-refractivity contribution is 9.10. The molecule has 0 aliphatic carbocycles. The second-order valence-electron chi connectivity index (χ2n) is 6.01. The zero-order valence-corrected chi connectivity index (χ0v) is 15.0. The van der Waals surface area contributed by atoms with E-state index < -0.39 is 11.9 Å². The van der Waals surface area contributed by atoms with Crippen LogP contribution in [-0.2, 0) is 4.79 Å². The first-order chi connectivity index (χ1) is 11.4. The molecule has 3 rings (SSSR count). The van der Waals surface area contributed by atoms with Gasteiger partial charge < -0.3 is 10.0 Å². The van der Waals surface area contributed by atoms with E-state index in [9.17, 15) is 14.7 Å². The summed E-state index contributed by atoms with van der Waals surface area (Å²) in [6, 6.07) is 7.35. The van der Waals surface area contributed by atoms with Crippen LogP contribution < -0.4 is 0 Å².